The second-order valence-corrected chi connectivity index (χ2v) is 6.55. The van der Waals surface area contributed by atoms with Crippen LogP contribution in [-0.2, 0) is 22.3 Å². The summed E-state index contributed by atoms with van der Waals surface area (Å²) >= 11 is 0. The van der Waals surface area contributed by atoms with Gasteiger partial charge in [0, 0.05) is 12.5 Å². The van der Waals surface area contributed by atoms with Crippen molar-refractivity contribution in [3.63, 3.8) is 0 Å². The van der Waals surface area contributed by atoms with Crippen molar-refractivity contribution in [3.8, 4) is 0 Å². The van der Waals surface area contributed by atoms with Gasteiger partial charge in [-0.2, -0.15) is 13.2 Å². The van der Waals surface area contributed by atoms with Gasteiger partial charge in [-0.05, 0) is 29.5 Å². The van der Waals surface area contributed by atoms with Crippen LogP contribution in [-0.4, -0.2) is 18.4 Å². The van der Waals surface area contributed by atoms with Gasteiger partial charge in [-0.25, -0.2) is 0 Å². The Morgan fingerprint density at radius 1 is 1.00 bits per heavy atom. The van der Waals surface area contributed by atoms with Gasteiger partial charge in [-0.3, -0.25) is 9.59 Å². The molecule has 0 heterocycles. The van der Waals surface area contributed by atoms with Crippen LogP contribution in [0, 0.1) is 5.92 Å². The van der Waals surface area contributed by atoms with Crippen LogP contribution < -0.4 is 10.6 Å². The molecule has 2 aromatic carbocycles. The SMILES string of the molecule is O=C(CNC(=O)C1CC1c1cccc(C(F)(F)F)c1)NCc1ccccc1. The highest BCUT2D eigenvalue weighted by Gasteiger charge is 2.44. The molecule has 0 bridgehead atoms. The van der Waals surface area contributed by atoms with Crippen molar-refractivity contribution in [3.05, 3.63) is 71.3 Å². The molecule has 0 spiro atoms. The molecule has 0 saturated heterocycles. The first-order valence-electron chi connectivity index (χ1n) is 8.60. The lowest BCUT2D eigenvalue weighted by Gasteiger charge is -2.09. The summed E-state index contributed by atoms with van der Waals surface area (Å²) in [6.07, 6.45) is -3.92. The van der Waals surface area contributed by atoms with Gasteiger partial charge in [-0.15, -0.1) is 0 Å². The summed E-state index contributed by atoms with van der Waals surface area (Å²) in [6.45, 7) is 0.212. The maximum Gasteiger partial charge on any atom is 0.416 e. The molecule has 1 aliphatic rings. The third kappa shape index (κ3) is 5.09. The molecule has 0 radical (unpaired) electrons. The van der Waals surface area contributed by atoms with Crippen LogP contribution in [0.4, 0.5) is 13.2 Å². The third-order valence-corrected chi connectivity index (χ3v) is 4.52. The fraction of sp³-hybridized carbons (Fsp3) is 0.300. The highest BCUT2D eigenvalue weighted by Crippen LogP contribution is 2.48. The van der Waals surface area contributed by atoms with E-state index in [1.807, 2.05) is 30.3 Å². The first-order chi connectivity index (χ1) is 12.8. The lowest BCUT2D eigenvalue weighted by atomic mass is 10.1. The zero-order valence-corrected chi connectivity index (χ0v) is 14.4. The van der Waals surface area contributed by atoms with Gasteiger partial charge in [0.1, 0.15) is 0 Å². The largest absolute Gasteiger partial charge is 0.416 e. The van der Waals surface area contributed by atoms with Crippen LogP contribution in [0.15, 0.2) is 54.6 Å². The van der Waals surface area contributed by atoms with Crippen molar-refractivity contribution >= 4 is 11.8 Å². The Kier molecular flexibility index (Phi) is 5.48. The second kappa shape index (κ2) is 7.82. The van der Waals surface area contributed by atoms with Crippen molar-refractivity contribution < 1.29 is 22.8 Å². The number of alkyl halides is 3. The first kappa shape index (κ1) is 18.9. The molecule has 4 nitrogen and oxygen atoms in total. The minimum absolute atomic E-state index is 0.155. The van der Waals surface area contributed by atoms with Crippen LogP contribution in [0.5, 0.6) is 0 Å². The van der Waals surface area contributed by atoms with Gasteiger partial charge < -0.3 is 10.6 Å². The summed E-state index contributed by atoms with van der Waals surface area (Å²) in [5.41, 5.74) is 0.730. The molecular weight excluding hydrogens is 357 g/mol. The Morgan fingerprint density at radius 2 is 1.74 bits per heavy atom. The molecule has 0 aliphatic heterocycles. The Hall–Kier alpha value is -2.83. The Bertz CT molecular complexity index is 821. The van der Waals surface area contributed by atoms with Crippen LogP contribution in [0.2, 0.25) is 0 Å². The molecule has 27 heavy (non-hydrogen) atoms. The minimum atomic E-state index is -4.40. The standard InChI is InChI=1S/C20H19F3N2O2/c21-20(22,23)15-8-4-7-14(9-15)16-10-17(16)19(27)25-12-18(26)24-11-13-5-2-1-3-6-13/h1-9,16-17H,10-12H2,(H,24,26)(H,25,27). The summed E-state index contributed by atoms with van der Waals surface area (Å²) in [7, 11) is 0. The van der Waals surface area contributed by atoms with Gasteiger partial charge in [-0.1, -0.05) is 48.5 Å². The predicted octanol–water partition coefficient (Wildman–Crippen LogP) is 3.24. The van der Waals surface area contributed by atoms with Gasteiger partial charge in [0.2, 0.25) is 11.8 Å². The van der Waals surface area contributed by atoms with E-state index in [1.165, 1.54) is 6.07 Å². The molecule has 2 amide bonds. The van der Waals surface area contributed by atoms with Crippen LogP contribution >= 0.6 is 0 Å². The molecule has 1 fully saturated rings. The molecular formula is C20H19F3N2O2. The van der Waals surface area contributed by atoms with E-state index in [4.69, 9.17) is 0 Å². The molecule has 2 N–H and O–H groups in total. The summed E-state index contributed by atoms with van der Waals surface area (Å²) < 4.78 is 38.4. The number of carbonyl (C=O) groups excluding carboxylic acids is 2. The topological polar surface area (TPSA) is 58.2 Å². The van der Waals surface area contributed by atoms with Crippen molar-refractivity contribution in [2.24, 2.45) is 5.92 Å². The van der Waals surface area contributed by atoms with E-state index < -0.39 is 17.7 Å². The highest BCUT2D eigenvalue weighted by atomic mass is 19.4. The van der Waals surface area contributed by atoms with E-state index in [9.17, 15) is 22.8 Å². The van der Waals surface area contributed by atoms with E-state index in [0.717, 1.165) is 17.7 Å². The highest BCUT2D eigenvalue weighted by molar-refractivity contribution is 5.88. The van der Waals surface area contributed by atoms with Crippen molar-refractivity contribution in [1.29, 1.82) is 0 Å². The fourth-order valence-corrected chi connectivity index (χ4v) is 2.96. The summed E-state index contributed by atoms with van der Waals surface area (Å²) in [6, 6.07) is 14.4. The average molecular weight is 376 g/mol. The second-order valence-electron chi connectivity index (χ2n) is 6.55. The first-order valence-corrected chi connectivity index (χ1v) is 8.60. The molecule has 7 heteroatoms. The number of benzene rings is 2. The summed E-state index contributed by atoms with van der Waals surface area (Å²) in [5.74, 6) is -1.26. The predicted molar refractivity (Wildman–Crippen MR) is 93.6 cm³/mol. The average Bonchev–Trinajstić information content (AvgIpc) is 3.46. The third-order valence-electron chi connectivity index (χ3n) is 4.52. The maximum absolute atomic E-state index is 12.8. The van der Waals surface area contributed by atoms with E-state index in [-0.39, 0.29) is 24.3 Å². The zero-order valence-electron chi connectivity index (χ0n) is 14.4. The Labute approximate surface area is 154 Å². The Balaban J connectivity index is 1.45. The summed E-state index contributed by atoms with van der Waals surface area (Å²) in [5, 5.41) is 5.25. The van der Waals surface area contributed by atoms with Crippen molar-refractivity contribution in [2.45, 2.75) is 25.1 Å². The minimum Gasteiger partial charge on any atom is -0.350 e. The smallest absolute Gasteiger partial charge is 0.350 e. The lowest BCUT2D eigenvalue weighted by Crippen LogP contribution is -2.37. The maximum atomic E-state index is 12.8. The number of halogens is 3. The Morgan fingerprint density at radius 3 is 2.44 bits per heavy atom. The van der Waals surface area contributed by atoms with Crippen molar-refractivity contribution in [2.75, 3.05) is 6.54 Å². The lowest BCUT2D eigenvalue weighted by molar-refractivity contribution is -0.137. The molecule has 1 saturated carbocycles. The number of carbonyl (C=O) groups is 2. The number of hydrogen-bond acceptors (Lipinski definition) is 2. The van der Waals surface area contributed by atoms with Crippen LogP contribution in [0.25, 0.3) is 0 Å². The van der Waals surface area contributed by atoms with Gasteiger partial charge in [0.25, 0.3) is 0 Å². The number of hydrogen-bond donors (Lipinski definition) is 2. The normalized spacial score (nSPS) is 18.6. The number of rotatable bonds is 6. The molecule has 2 aromatic rings. The van der Waals surface area contributed by atoms with Gasteiger partial charge in [0.05, 0.1) is 12.1 Å². The van der Waals surface area contributed by atoms with E-state index in [2.05, 4.69) is 10.6 Å². The van der Waals surface area contributed by atoms with Crippen molar-refractivity contribution in [1.82, 2.24) is 10.6 Å². The van der Waals surface area contributed by atoms with E-state index in [1.54, 1.807) is 6.07 Å². The monoisotopic (exact) mass is 376 g/mol. The number of amides is 2. The quantitative estimate of drug-likeness (QED) is 0.813. The molecule has 2 atom stereocenters. The molecule has 142 valence electrons. The van der Waals surface area contributed by atoms with Crippen LogP contribution in [0.3, 0.4) is 0 Å². The van der Waals surface area contributed by atoms with Gasteiger partial charge >= 0.3 is 6.18 Å². The molecule has 2 unspecified atom stereocenters. The molecule has 1 aliphatic carbocycles. The number of nitrogens with one attached hydrogen (secondary N) is 2. The molecule has 0 aromatic heterocycles. The van der Waals surface area contributed by atoms with E-state index in [0.29, 0.717) is 18.5 Å². The van der Waals surface area contributed by atoms with Gasteiger partial charge in [0.15, 0.2) is 0 Å². The van der Waals surface area contributed by atoms with E-state index >= 15 is 0 Å². The fourth-order valence-electron chi connectivity index (χ4n) is 2.96. The summed E-state index contributed by atoms with van der Waals surface area (Å²) in [4.78, 5) is 24.0. The zero-order chi connectivity index (χ0) is 19.4. The molecule has 3 rings (SSSR count). The van der Waals surface area contributed by atoms with Crippen LogP contribution in [0.1, 0.15) is 29.0 Å².